The molecule has 2 heterocycles. The zero-order valence-electron chi connectivity index (χ0n) is 13.8. The average molecular weight is 326 g/mol. The molecule has 1 aromatic carbocycles. The summed E-state index contributed by atoms with van der Waals surface area (Å²) in [5.74, 6) is -0.115. The number of aromatic nitrogens is 2. The lowest BCUT2D eigenvalue weighted by atomic mass is 10.1. The van der Waals surface area contributed by atoms with E-state index in [0.717, 1.165) is 43.1 Å². The van der Waals surface area contributed by atoms with Gasteiger partial charge in [-0.05, 0) is 17.7 Å². The minimum atomic E-state index is -0.115. The molecule has 0 radical (unpaired) electrons. The number of ether oxygens (including phenoxy) is 1. The SMILES string of the molecule is Cn1cc(/C=C\C(=O)NCc2ccccc2N2CCOCC2)cn1. The van der Waals surface area contributed by atoms with E-state index in [4.69, 9.17) is 4.74 Å². The predicted molar refractivity (Wildman–Crippen MR) is 93.6 cm³/mol. The Kier molecular flexibility index (Phi) is 5.28. The van der Waals surface area contributed by atoms with Gasteiger partial charge in [-0.3, -0.25) is 9.48 Å². The molecule has 0 atom stereocenters. The van der Waals surface area contributed by atoms with E-state index in [9.17, 15) is 4.79 Å². The molecule has 1 saturated heterocycles. The minimum absolute atomic E-state index is 0.115. The molecular weight excluding hydrogens is 304 g/mol. The van der Waals surface area contributed by atoms with Gasteiger partial charge in [0.15, 0.2) is 0 Å². The Bertz CT molecular complexity index is 717. The molecule has 1 amide bonds. The first kappa shape index (κ1) is 16.3. The maximum atomic E-state index is 12.0. The molecule has 0 bridgehead atoms. The third kappa shape index (κ3) is 4.23. The molecule has 0 aliphatic carbocycles. The van der Waals surface area contributed by atoms with Crippen LogP contribution in [0.3, 0.4) is 0 Å². The Morgan fingerprint density at radius 2 is 2.12 bits per heavy atom. The maximum Gasteiger partial charge on any atom is 0.244 e. The molecule has 6 heteroatoms. The number of amides is 1. The Balaban J connectivity index is 1.60. The highest BCUT2D eigenvalue weighted by Gasteiger charge is 2.14. The number of anilines is 1. The summed E-state index contributed by atoms with van der Waals surface area (Å²) in [7, 11) is 1.85. The normalized spacial score (nSPS) is 15.0. The summed E-state index contributed by atoms with van der Waals surface area (Å²) in [4.78, 5) is 14.3. The molecule has 0 saturated carbocycles. The number of carbonyl (C=O) groups excluding carboxylic acids is 1. The Morgan fingerprint density at radius 1 is 1.33 bits per heavy atom. The van der Waals surface area contributed by atoms with Crippen molar-refractivity contribution < 1.29 is 9.53 Å². The van der Waals surface area contributed by atoms with Gasteiger partial charge in [-0.2, -0.15) is 5.10 Å². The molecule has 1 aliphatic heterocycles. The molecule has 0 spiro atoms. The Hall–Kier alpha value is -2.60. The van der Waals surface area contributed by atoms with Gasteiger partial charge < -0.3 is 15.0 Å². The summed E-state index contributed by atoms with van der Waals surface area (Å²) in [5, 5.41) is 7.01. The number of aryl methyl sites for hydroxylation is 1. The van der Waals surface area contributed by atoms with Crippen LogP contribution in [-0.2, 0) is 23.1 Å². The topological polar surface area (TPSA) is 59.4 Å². The second-order valence-corrected chi connectivity index (χ2v) is 5.73. The van der Waals surface area contributed by atoms with E-state index >= 15 is 0 Å². The number of hydrogen-bond acceptors (Lipinski definition) is 4. The molecule has 0 unspecified atom stereocenters. The third-order valence-corrected chi connectivity index (χ3v) is 3.95. The summed E-state index contributed by atoms with van der Waals surface area (Å²) >= 11 is 0. The molecule has 1 fully saturated rings. The number of carbonyl (C=O) groups is 1. The van der Waals surface area contributed by atoms with Crippen LogP contribution >= 0.6 is 0 Å². The number of nitrogens with one attached hydrogen (secondary N) is 1. The van der Waals surface area contributed by atoms with Crippen molar-refractivity contribution >= 4 is 17.7 Å². The van der Waals surface area contributed by atoms with Crippen molar-refractivity contribution in [2.24, 2.45) is 7.05 Å². The van der Waals surface area contributed by atoms with Gasteiger partial charge in [0.05, 0.1) is 19.4 Å². The number of morpholine rings is 1. The molecule has 1 aromatic heterocycles. The summed E-state index contributed by atoms with van der Waals surface area (Å²) in [6, 6.07) is 8.17. The molecule has 1 aliphatic rings. The third-order valence-electron chi connectivity index (χ3n) is 3.95. The van der Waals surface area contributed by atoms with Gasteiger partial charge in [-0.15, -0.1) is 0 Å². The van der Waals surface area contributed by atoms with E-state index in [0.29, 0.717) is 6.54 Å². The highest BCUT2D eigenvalue weighted by molar-refractivity contribution is 5.91. The lowest BCUT2D eigenvalue weighted by molar-refractivity contribution is -0.116. The summed E-state index contributed by atoms with van der Waals surface area (Å²) in [6.45, 7) is 3.75. The van der Waals surface area contributed by atoms with Crippen LogP contribution in [0.5, 0.6) is 0 Å². The molecular formula is C18H22N4O2. The van der Waals surface area contributed by atoms with E-state index in [1.807, 2.05) is 25.4 Å². The second kappa shape index (κ2) is 7.79. The molecule has 126 valence electrons. The van der Waals surface area contributed by atoms with Gasteiger partial charge in [-0.25, -0.2) is 0 Å². The predicted octanol–water partition coefficient (Wildman–Crippen LogP) is 1.59. The Morgan fingerprint density at radius 3 is 2.88 bits per heavy atom. The fourth-order valence-corrected chi connectivity index (χ4v) is 2.71. The van der Waals surface area contributed by atoms with Crippen molar-refractivity contribution in [2.75, 3.05) is 31.2 Å². The largest absolute Gasteiger partial charge is 0.378 e. The minimum Gasteiger partial charge on any atom is -0.378 e. The standard InChI is InChI=1S/C18H22N4O2/c1-21-14-15(12-20-21)6-7-18(23)19-13-16-4-2-3-5-17(16)22-8-10-24-11-9-22/h2-7,12,14H,8-11,13H2,1H3,(H,19,23)/b7-6-. The molecule has 3 rings (SSSR count). The maximum absolute atomic E-state index is 12.0. The van der Waals surface area contributed by atoms with Crippen LogP contribution in [0.2, 0.25) is 0 Å². The first-order valence-corrected chi connectivity index (χ1v) is 8.07. The van der Waals surface area contributed by atoms with Gasteiger partial charge >= 0.3 is 0 Å². The fraction of sp³-hybridized carbons (Fsp3) is 0.333. The van der Waals surface area contributed by atoms with E-state index < -0.39 is 0 Å². The molecule has 24 heavy (non-hydrogen) atoms. The van der Waals surface area contributed by atoms with Crippen molar-refractivity contribution in [1.82, 2.24) is 15.1 Å². The number of para-hydroxylation sites is 1. The van der Waals surface area contributed by atoms with E-state index in [1.165, 1.54) is 6.08 Å². The molecule has 6 nitrogen and oxygen atoms in total. The summed E-state index contributed by atoms with van der Waals surface area (Å²) in [5.41, 5.74) is 3.18. The van der Waals surface area contributed by atoms with Crippen LogP contribution in [-0.4, -0.2) is 42.0 Å². The first-order chi connectivity index (χ1) is 11.7. The van der Waals surface area contributed by atoms with Crippen LogP contribution < -0.4 is 10.2 Å². The zero-order chi connectivity index (χ0) is 16.8. The van der Waals surface area contributed by atoms with E-state index in [-0.39, 0.29) is 5.91 Å². The lowest BCUT2D eigenvalue weighted by Crippen LogP contribution is -2.37. The molecule has 2 aromatic rings. The van der Waals surface area contributed by atoms with Gasteiger partial charge in [0, 0.05) is 50.2 Å². The Labute approximate surface area is 141 Å². The second-order valence-electron chi connectivity index (χ2n) is 5.73. The zero-order valence-corrected chi connectivity index (χ0v) is 13.8. The van der Waals surface area contributed by atoms with Crippen molar-refractivity contribution in [2.45, 2.75) is 6.54 Å². The lowest BCUT2D eigenvalue weighted by Gasteiger charge is -2.30. The van der Waals surface area contributed by atoms with Gasteiger partial charge in [0.2, 0.25) is 5.91 Å². The first-order valence-electron chi connectivity index (χ1n) is 8.07. The van der Waals surface area contributed by atoms with Crippen LogP contribution in [0.25, 0.3) is 6.08 Å². The van der Waals surface area contributed by atoms with Crippen molar-refractivity contribution in [3.63, 3.8) is 0 Å². The van der Waals surface area contributed by atoms with Crippen molar-refractivity contribution in [3.8, 4) is 0 Å². The quantitative estimate of drug-likeness (QED) is 0.848. The summed E-state index contributed by atoms with van der Waals surface area (Å²) < 4.78 is 7.11. The number of hydrogen-bond donors (Lipinski definition) is 1. The van der Waals surface area contributed by atoms with Crippen LogP contribution in [0.4, 0.5) is 5.69 Å². The van der Waals surface area contributed by atoms with Crippen molar-refractivity contribution in [1.29, 1.82) is 0 Å². The monoisotopic (exact) mass is 326 g/mol. The highest BCUT2D eigenvalue weighted by Crippen LogP contribution is 2.21. The van der Waals surface area contributed by atoms with Crippen LogP contribution in [0.1, 0.15) is 11.1 Å². The fourth-order valence-electron chi connectivity index (χ4n) is 2.71. The van der Waals surface area contributed by atoms with Gasteiger partial charge in [0.25, 0.3) is 0 Å². The van der Waals surface area contributed by atoms with E-state index in [1.54, 1.807) is 17.0 Å². The number of rotatable bonds is 5. The van der Waals surface area contributed by atoms with Crippen LogP contribution in [0, 0.1) is 0 Å². The average Bonchev–Trinajstić information content (AvgIpc) is 3.04. The summed E-state index contributed by atoms with van der Waals surface area (Å²) in [6.07, 6.45) is 6.87. The molecule has 1 N–H and O–H groups in total. The number of benzene rings is 1. The number of nitrogens with zero attached hydrogens (tertiary/aromatic N) is 3. The highest BCUT2D eigenvalue weighted by atomic mass is 16.5. The van der Waals surface area contributed by atoms with Gasteiger partial charge in [0.1, 0.15) is 0 Å². The smallest absolute Gasteiger partial charge is 0.244 e. The van der Waals surface area contributed by atoms with E-state index in [2.05, 4.69) is 27.4 Å². The van der Waals surface area contributed by atoms with Gasteiger partial charge in [-0.1, -0.05) is 18.2 Å². The van der Waals surface area contributed by atoms with Crippen LogP contribution in [0.15, 0.2) is 42.7 Å². The van der Waals surface area contributed by atoms with Crippen molar-refractivity contribution in [3.05, 3.63) is 53.9 Å².